The second-order valence-electron chi connectivity index (χ2n) is 3.40. The second kappa shape index (κ2) is 5.56. The molecule has 0 radical (unpaired) electrons. The fourth-order valence-electron chi connectivity index (χ4n) is 1.16. The summed E-state index contributed by atoms with van der Waals surface area (Å²) >= 11 is 0. The van der Waals surface area contributed by atoms with Crippen LogP contribution in [0.5, 0.6) is 0 Å². The van der Waals surface area contributed by atoms with Crippen molar-refractivity contribution in [3.05, 3.63) is 35.4 Å². The highest BCUT2D eigenvalue weighted by Crippen LogP contribution is 2.15. The third kappa shape index (κ3) is 3.37. The summed E-state index contributed by atoms with van der Waals surface area (Å²) in [6.45, 7) is 1.62. The van der Waals surface area contributed by atoms with E-state index in [1.165, 1.54) is 31.4 Å². The molecule has 1 unspecified atom stereocenters. The number of ether oxygens (including phenoxy) is 2. The molecule has 1 aromatic rings. The zero-order valence-electron chi connectivity index (χ0n) is 9.67. The number of methoxy groups -OCH3 is 1. The zero-order valence-corrected chi connectivity index (χ0v) is 9.67. The molecule has 92 valence electrons. The van der Waals surface area contributed by atoms with Crippen LogP contribution in [0.15, 0.2) is 24.3 Å². The summed E-state index contributed by atoms with van der Waals surface area (Å²) < 4.78 is 9.48. The largest absolute Gasteiger partial charge is 0.404 e. The van der Waals surface area contributed by atoms with E-state index in [4.69, 9.17) is 4.74 Å². The van der Waals surface area contributed by atoms with E-state index in [2.05, 4.69) is 4.74 Å². The third-order valence-electron chi connectivity index (χ3n) is 2.30. The maximum Gasteiger partial charge on any atom is 0.342 e. The highest BCUT2D eigenvalue weighted by atomic mass is 16.8. The first kappa shape index (κ1) is 13.3. The van der Waals surface area contributed by atoms with E-state index in [0.29, 0.717) is 11.8 Å². The summed E-state index contributed by atoms with van der Waals surface area (Å²) in [6.07, 6.45) is 0.786. The normalized spacial score (nSPS) is 13.8. The monoisotopic (exact) mass is 238 g/mol. The molecule has 0 saturated carbocycles. The van der Waals surface area contributed by atoms with Gasteiger partial charge in [-0.2, -0.15) is 0 Å². The van der Waals surface area contributed by atoms with E-state index in [9.17, 15) is 14.7 Å². The Kier molecular flexibility index (Phi) is 4.37. The molecule has 1 aromatic carbocycles. The Bertz CT molecular complexity index is 392. The van der Waals surface area contributed by atoms with Crippen molar-refractivity contribution < 1.29 is 24.2 Å². The lowest BCUT2D eigenvalue weighted by molar-refractivity contribution is -0.322. The molecule has 0 amide bonds. The molecule has 1 rings (SSSR count). The van der Waals surface area contributed by atoms with Gasteiger partial charge in [0.05, 0.1) is 5.56 Å². The summed E-state index contributed by atoms with van der Waals surface area (Å²) in [5, 5.41) is 9.64. The molecule has 0 heterocycles. The topological polar surface area (TPSA) is 72.8 Å². The zero-order chi connectivity index (χ0) is 12.9. The van der Waals surface area contributed by atoms with Crippen LogP contribution in [0.1, 0.15) is 34.1 Å². The molecule has 0 aromatic heterocycles. The molecule has 0 bridgehead atoms. The number of esters is 1. The van der Waals surface area contributed by atoms with Crippen molar-refractivity contribution in [2.24, 2.45) is 0 Å². The Morgan fingerprint density at radius 1 is 1.41 bits per heavy atom. The van der Waals surface area contributed by atoms with Gasteiger partial charge in [-0.3, -0.25) is 4.79 Å². The highest BCUT2D eigenvalue weighted by Gasteiger charge is 2.29. The predicted molar refractivity (Wildman–Crippen MR) is 59.5 cm³/mol. The number of rotatable bonds is 5. The number of hydrogen-bond donors (Lipinski definition) is 1. The average molecular weight is 238 g/mol. The van der Waals surface area contributed by atoms with Crippen LogP contribution >= 0.6 is 0 Å². The van der Waals surface area contributed by atoms with Crippen molar-refractivity contribution in [1.82, 2.24) is 0 Å². The first-order valence-corrected chi connectivity index (χ1v) is 5.10. The van der Waals surface area contributed by atoms with Gasteiger partial charge in [-0.15, -0.1) is 0 Å². The molecular weight excluding hydrogens is 224 g/mol. The van der Waals surface area contributed by atoms with E-state index in [1.54, 1.807) is 6.92 Å². The van der Waals surface area contributed by atoms with Crippen LogP contribution in [-0.2, 0) is 9.47 Å². The Balaban J connectivity index is 2.79. The fraction of sp³-hybridized carbons (Fsp3) is 0.333. The van der Waals surface area contributed by atoms with Gasteiger partial charge in [0.2, 0.25) is 0 Å². The lowest BCUT2D eigenvalue weighted by Crippen LogP contribution is -2.36. The van der Waals surface area contributed by atoms with Gasteiger partial charge in [-0.1, -0.05) is 19.1 Å². The average Bonchev–Trinajstić information content (AvgIpc) is 2.38. The number of hydrogen-bond acceptors (Lipinski definition) is 5. The smallest absolute Gasteiger partial charge is 0.342 e. The Hall–Kier alpha value is -1.72. The quantitative estimate of drug-likeness (QED) is 0.476. The van der Waals surface area contributed by atoms with Gasteiger partial charge in [-0.25, -0.2) is 4.79 Å². The molecule has 1 N–H and O–H groups in total. The van der Waals surface area contributed by atoms with Gasteiger partial charge in [0, 0.05) is 19.1 Å². The third-order valence-corrected chi connectivity index (χ3v) is 2.30. The number of benzene rings is 1. The van der Waals surface area contributed by atoms with Gasteiger partial charge >= 0.3 is 11.9 Å². The number of carbonyl (C=O) groups is 2. The summed E-state index contributed by atoms with van der Waals surface area (Å²) in [5.41, 5.74) is 0.693. The number of aldehydes is 1. The Morgan fingerprint density at radius 2 is 2.00 bits per heavy atom. The fourth-order valence-corrected chi connectivity index (χ4v) is 1.16. The molecule has 1 atom stereocenters. The Morgan fingerprint density at radius 3 is 2.41 bits per heavy atom. The summed E-state index contributed by atoms with van der Waals surface area (Å²) in [7, 11) is 1.24. The van der Waals surface area contributed by atoms with Crippen molar-refractivity contribution in [1.29, 1.82) is 0 Å². The molecule has 0 saturated heterocycles. The molecule has 0 fully saturated rings. The van der Waals surface area contributed by atoms with E-state index in [1.807, 2.05) is 0 Å². The van der Waals surface area contributed by atoms with Gasteiger partial charge in [-0.05, 0) is 12.1 Å². The minimum Gasteiger partial charge on any atom is -0.404 e. The Labute approximate surface area is 99.0 Å². The first-order chi connectivity index (χ1) is 8.04. The SMILES string of the molecule is CCC(O)(OC)OC(=O)c1ccc(C=O)cc1. The van der Waals surface area contributed by atoms with Crippen LogP contribution in [0.25, 0.3) is 0 Å². The molecule has 5 heteroatoms. The van der Waals surface area contributed by atoms with Crippen molar-refractivity contribution in [3.8, 4) is 0 Å². The molecule has 17 heavy (non-hydrogen) atoms. The first-order valence-electron chi connectivity index (χ1n) is 5.10. The number of aliphatic hydroxyl groups is 1. The lowest BCUT2D eigenvalue weighted by Gasteiger charge is -2.24. The van der Waals surface area contributed by atoms with Crippen LogP contribution in [0, 0.1) is 0 Å². The summed E-state index contributed by atoms with van der Waals surface area (Å²) in [6, 6.07) is 5.86. The van der Waals surface area contributed by atoms with Gasteiger partial charge in [0.15, 0.2) is 0 Å². The minimum atomic E-state index is -1.92. The predicted octanol–water partition coefficient (Wildman–Crippen LogP) is 1.36. The van der Waals surface area contributed by atoms with Gasteiger partial charge in [0.25, 0.3) is 0 Å². The van der Waals surface area contributed by atoms with E-state index in [0.717, 1.165) is 0 Å². The van der Waals surface area contributed by atoms with E-state index in [-0.39, 0.29) is 12.0 Å². The van der Waals surface area contributed by atoms with Crippen LogP contribution in [0.2, 0.25) is 0 Å². The van der Waals surface area contributed by atoms with E-state index < -0.39 is 11.9 Å². The lowest BCUT2D eigenvalue weighted by atomic mass is 10.1. The van der Waals surface area contributed by atoms with Gasteiger partial charge in [0.1, 0.15) is 6.29 Å². The van der Waals surface area contributed by atoms with Crippen molar-refractivity contribution in [3.63, 3.8) is 0 Å². The van der Waals surface area contributed by atoms with Crippen LogP contribution in [-0.4, -0.2) is 30.4 Å². The maximum absolute atomic E-state index is 11.6. The minimum absolute atomic E-state index is 0.113. The van der Waals surface area contributed by atoms with Crippen LogP contribution < -0.4 is 0 Å². The molecule has 0 aliphatic rings. The molecular formula is C12H14O5. The second-order valence-corrected chi connectivity index (χ2v) is 3.40. The molecule has 0 aliphatic heterocycles. The van der Waals surface area contributed by atoms with Crippen molar-refractivity contribution in [2.75, 3.05) is 7.11 Å². The molecule has 5 nitrogen and oxygen atoms in total. The molecule has 0 spiro atoms. The standard InChI is InChI=1S/C12H14O5/c1-3-12(15,16-2)17-11(14)10-6-4-9(8-13)5-7-10/h4-8,15H,3H2,1-2H3. The van der Waals surface area contributed by atoms with Crippen LogP contribution in [0.3, 0.4) is 0 Å². The van der Waals surface area contributed by atoms with Crippen molar-refractivity contribution >= 4 is 12.3 Å². The van der Waals surface area contributed by atoms with E-state index >= 15 is 0 Å². The number of carbonyl (C=O) groups excluding carboxylic acids is 2. The van der Waals surface area contributed by atoms with Gasteiger partial charge < -0.3 is 14.6 Å². The summed E-state index contributed by atoms with van der Waals surface area (Å²) in [4.78, 5) is 22.1. The maximum atomic E-state index is 11.6. The van der Waals surface area contributed by atoms with Crippen molar-refractivity contribution in [2.45, 2.75) is 19.3 Å². The highest BCUT2D eigenvalue weighted by molar-refractivity contribution is 5.90. The van der Waals surface area contributed by atoms with Crippen LogP contribution in [0.4, 0.5) is 0 Å². The molecule has 0 aliphatic carbocycles. The summed E-state index contributed by atoms with van der Waals surface area (Å²) in [5.74, 6) is -2.63.